The molecular weight excluding hydrogens is 242 g/mol. The Hall–Kier alpha value is -0.610. The molecule has 19 heavy (non-hydrogen) atoms. The summed E-state index contributed by atoms with van der Waals surface area (Å²) in [6, 6.07) is -0.107. The first kappa shape index (κ1) is 14.8. The molecule has 2 rings (SSSR count). The molecule has 0 radical (unpaired) electrons. The number of likely N-dealkylation sites (tertiary alicyclic amines) is 1. The van der Waals surface area contributed by atoms with Crippen molar-refractivity contribution in [1.29, 1.82) is 0 Å². The van der Waals surface area contributed by atoms with Crippen molar-refractivity contribution in [2.45, 2.75) is 76.5 Å². The summed E-state index contributed by atoms with van der Waals surface area (Å²) >= 11 is 0. The second kappa shape index (κ2) is 6.71. The van der Waals surface area contributed by atoms with Crippen molar-refractivity contribution >= 4 is 5.97 Å². The number of aliphatic hydroxyl groups excluding tert-OH is 1. The number of aliphatic carboxylic acids is 1. The van der Waals surface area contributed by atoms with Crippen LogP contribution in [0, 0.1) is 5.92 Å². The maximum Gasteiger partial charge on any atom is 0.320 e. The average molecular weight is 269 g/mol. The summed E-state index contributed by atoms with van der Waals surface area (Å²) < 4.78 is 0. The van der Waals surface area contributed by atoms with Crippen molar-refractivity contribution in [2.24, 2.45) is 5.92 Å². The molecule has 2 fully saturated rings. The minimum absolute atomic E-state index is 0.231. The van der Waals surface area contributed by atoms with Gasteiger partial charge in [-0.05, 0) is 38.6 Å². The van der Waals surface area contributed by atoms with E-state index in [0.29, 0.717) is 6.42 Å². The Morgan fingerprint density at radius 1 is 1.21 bits per heavy atom. The van der Waals surface area contributed by atoms with E-state index in [4.69, 9.17) is 0 Å². The topological polar surface area (TPSA) is 60.8 Å². The first-order chi connectivity index (χ1) is 9.15. The van der Waals surface area contributed by atoms with E-state index in [0.717, 1.165) is 38.6 Å². The first-order valence-corrected chi connectivity index (χ1v) is 7.81. The van der Waals surface area contributed by atoms with Crippen LogP contribution in [0.1, 0.15) is 58.3 Å². The fraction of sp³-hybridized carbons (Fsp3) is 0.933. The fourth-order valence-corrected chi connectivity index (χ4v) is 3.97. The number of carbonyl (C=O) groups is 1. The summed E-state index contributed by atoms with van der Waals surface area (Å²) in [6.45, 7) is 2.82. The molecule has 1 aliphatic heterocycles. The first-order valence-electron chi connectivity index (χ1n) is 7.81. The maximum absolute atomic E-state index is 11.4. The molecule has 1 heterocycles. The van der Waals surface area contributed by atoms with Gasteiger partial charge in [-0.15, -0.1) is 0 Å². The van der Waals surface area contributed by atoms with Crippen LogP contribution in [0.15, 0.2) is 0 Å². The summed E-state index contributed by atoms with van der Waals surface area (Å²) in [5, 5.41) is 19.7. The molecule has 4 atom stereocenters. The zero-order valence-corrected chi connectivity index (χ0v) is 11.9. The van der Waals surface area contributed by atoms with Crippen LogP contribution < -0.4 is 0 Å². The third-order valence-electron chi connectivity index (χ3n) is 4.94. The van der Waals surface area contributed by atoms with Gasteiger partial charge in [-0.25, -0.2) is 0 Å². The Bertz CT molecular complexity index is 308. The molecule has 4 nitrogen and oxygen atoms in total. The van der Waals surface area contributed by atoms with E-state index in [9.17, 15) is 15.0 Å². The number of carboxylic acids is 1. The molecule has 2 N–H and O–H groups in total. The lowest BCUT2D eigenvalue weighted by Crippen LogP contribution is -2.54. The third kappa shape index (κ3) is 3.29. The highest BCUT2D eigenvalue weighted by molar-refractivity contribution is 5.73. The van der Waals surface area contributed by atoms with Crippen LogP contribution in [0.2, 0.25) is 0 Å². The van der Waals surface area contributed by atoms with Crippen molar-refractivity contribution in [3.05, 3.63) is 0 Å². The van der Waals surface area contributed by atoms with Gasteiger partial charge >= 0.3 is 5.97 Å². The normalized spacial score (nSPS) is 34.9. The number of hydrogen-bond acceptors (Lipinski definition) is 3. The van der Waals surface area contributed by atoms with Gasteiger partial charge in [0.1, 0.15) is 6.04 Å². The third-order valence-corrected chi connectivity index (χ3v) is 4.94. The van der Waals surface area contributed by atoms with Crippen molar-refractivity contribution < 1.29 is 15.0 Å². The molecule has 0 aromatic carbocycles. The van der Waals surface area contributed by atoms with Crippen LogP contribution in [-0.4, -0.2) is 45.8 Å². The van der Waals surface area contributed by atoms with E-state index in [2.05, 4.69) is 4.90 Å². The van der Waals surface area contributed by atoms with E-state index >= 15 is 0 Å². The van der Waals surface area contributed by atoms with Gasteiger partial charge in [0, 0.05) is 12.0 Å². The van der Waals surface area contributed by atoms with Crippen LogP contribution in [0.25, 0.3) is 0 Å². The minimum atomic E-state index is -0.709. The SMILES string of the molecule is CCC(C(=O)O)N1CCCCC1C1CCCCC1O. The maximum atomic E-state index is 11.4. The summed E-state index contributed by atoms with van der Waals surface area (Å²) in [7, 11) is 0. The molecule has 1 saturated carbocycles. The second-order valence-corrected chi connectivity index (χ2v) is 6.08. The van der Waals surface area contributed by atoms with Gasteiger partial charge in [0.25, 0.3) is 0 Å². The standard InChI is InChI=1S/C15H27NO3/c1-2-12(15(18)19)16-10-6-5-8-13(16)11-7-3-4-9-14(11)17/h11-14,17H,2-10H2,1H3,(H,18,19). The predicted molar refractivity (Wildman–Crippen MR) is 74.0 cm³/mol. The number of hydrogen-bond donors (Lipinski definition) is 2. The smallest absolute Gasteiger partial charge is 0.320 e. The quantitative estimate of drug-likeness (QED) is 0.822. The molecule has 0 amide bonds. The summed E-state index contributed by atoms with van der Waals surface area (Å²) in [6.07, 6.45) is 7.95. The van der Waals surface area contributed by atoms with Crippen LogP contribution in [-0.2, 0) is 4.79 Å². The zero-order valence-electron chi connectivity index (χ0n) is 11.9. The molecule has 2 aliphatic rings. The molecule has 0 aromatic heterocycles. The lowest BCUT2D eigenvalue weighted by atomic mass is 9.77. The van der Waals surface area contributed by atoms with Crippen LogP contribution in [0.3, 0.4) is 0 Å². The molecule has 0 bridgehead atoms. The lowest BCUT2D eigenvalue weighted by Gasteiger charge is -2.45. The molecule has 4 heteroatoms. The monoisotopic (exact) mass is 269 g/mol. The van der Waals surface area contributed by atoms with Gasteiger partial charge in [-0.3, -0.25) is 9.69 Å². The Morgan fingerprint density at radius 3 is 2.53 bits per heavy atom. The van der Waals surface area contributed by atoms with Gasteiger partial charge in [0.2, 0.25) is 0 Å². The molecule has 0 spiro atoms. The van der Waals surface area contributed by atoms with Crippen molar-refractivity contribution in [3.8, 4) is 0 Å². The van der Waals surface area contributed by atoms with Gasteiger partial charge in [-0.2, -0.15) is 0 Å². The van der Waals surface area contributed by atoms with Gasteiger partial charge in [0.15, 0.2) is 0 Å². The highest BCUT2D eigenvalue weighted by atomic mass is 16.4. The molecule has 1 saturated heterocycles. The van der Waals surface area contributed by atoms with Gasteiger partial charge < -0.3 is 10.2 Å². The highest BCUT2D eigenvalue weighted by Gasteiger charge is 2.39. The fourth-order valence-electron chi connectivity index (χ4n) is 3.97. The Balaban J connectivity index is 2.12. The van der Waals surface area contributed by atoms with E-state index in [-0.39, 0.29) is 24.1 Å². The van der Waals surface area contributed by atoms with Crippen molar-refractivity contribution in [2.75, 3.05) is 6.54 Å². The van der Waals surface area contributed by atoms with E-state index in [1.54, 1.807) is 0 Å². The Morgan fingerprint density at radius 2 is 1.89 bits per heavy atom. The molecule has 4 unspecified atom stereocenters. The lowest BCUT2D eigenvalue weighted by molar-refractivity contribution is -0.147. The highest BCUT2D eigenvalue weighted by Crippen LogP contribution is 2.35. The summed E-state index contributed by atoms with van der Waals surface area (Å²) in [5.41, 5.74) is 0. The number of piperidine rings is 1. The minimum Gasteiger partial charge on any atom is -0.480 e. The van der Waals surface area contributed by atoms with E-state index in [1.807, 2.05) is 6.92 Å². The predicted octanol–water partition coefficient (Wildman–Crippen LogP) is 2.26. The van der Waals surface area contributed by atoms with E-state index in [1.165, 1.54) is 12.8 Å². The van der Waals surface area contributed by atoms with E-state index < -0.39 is 5.97 Å². The summed E-state index contributed by atoms with van der Waals surface area (Å²) in [4.78, 5) is 13.6. The van der Waals surface area contributed by atoms with Crippen LogP contribution in [0.4, 0.5) is 0 Å². The number of rotatable bonds is 4. The average Bonchev–Trinajstić information content (AvgIpc) is 2.40. The number of aliphatic hydroxyl groups is 1. The Kier molecular flexibility index (Phi) is 5.22. The largest absolute Gasteiger partial charge is 0.480 e. The molecule has 0 aromatic rings. The second-order valence-electron chi connectivity index (χ2n) is 6.08. The van der Waals surface area contributed by atoms with Crippen molar-refractivity contribution in [3.63, 3.8) is 0 Å². The van der Waals surface area contributed by atoms with Gasteiger partial charge in [0.05, 0.1) is 6.10 Å². The van der Waals surface area contributed by atoms with Crippen LogP contribution in [0.5, 0.6) is 0 Å². The van der Waals surface area contributed by atoms with Crippen LogP contribution >= 0.6 is 0 Å². The molecule has 110 valence electrons. The molecular formula is C15H27NO3. The van der Waals surface area contributed by atoms with Crippen molar-refractivity contribution in [1.82, 2.24) is 4.90 Å². The zero-order chi connectivity index (χ0) is 13.8. The number of carboxylic acid groups (broad SMARTS) is 1. The molecule has 1 aliphatic carbocycles. The number of nitrogens with zero attached hydrogens (tertiary/aromatic N) is 1. The summed E-state index contributed by atoms with van der Waals surface area (Å²) in [5.74, 6) is -0.429. The Labute approximate surface area is 115 Å². The van der Waals surface area contributed by atoms with Gasteiger partial charge in [-0.1, -0.05) is 26.2 Å².